The first-order valence-corrected chi connectivity index (χ1v) is 7.09. The Labute approximate surface area is 122 Å². The van der Waals surface area contributed by atoms with Crippen LogP contribution >= 0.6 is 11.5 Å². The maximum atomic E-state index is 12.0. The number of rotatable bonds is 6. The van der Waals surface area contributed by atoms with Gasteiger partial charge in [-0.3, -0.25) is 10.2 Å². The van der Waals surface area contributed by atoms with Crippen LogP contribution in [0.3, 0.4) is 0 Å². The van der Waals surface area contributed by atoms with E-state index in [0.29, 0.717) is 11.4 Å². The quantitative estimate of drug-likeness (QED) is 0.830. The van der Waals surface area contributed by atoms with Crippen molar-refractivity contribution in [3.05, 3.63) is 47.0 Å². The molecule has 2 rings (SSSR count). The van der Waals surface area contributed by atoms with Gasteiger partial charge in [-0.15, -0.1) is 0 Å². The number of methoxy groups -OCH3 is 1. The molecule has 20 heavy (non-hydrogen) atoms. The van der Waals surface area contributed by atoms with E-state index in [0.717, 1.165) is 17.9 Å². The molecule has 0 fully saturated rings. The Balaban J connectivity index is 1.96. The molecule has 0 spiro atoms. The van der Waals surface area contributed by atoms with Crippen molar-refractivity contribution in [1.29, 1.82) is 0 Å². The predicted octanol–water partition coefficient (Wildman–Crippen LogP) is 2.32. The molecule has 0 saturated carbocycles. The lowest BCUT2D eigenvalue weighted by molar-refractivity contribution is 0.0789. The van der Waals surface area contributed by atoms with E-state index in [9.17, 15) is 4.79 Å². The van der Waals surface area contributed by atoms with E-state index in [1.807, 2.05) is 36.2 Å². The average molecular weight is 291 g/mol. The van der Waals surface area contributed by atoms with Crippen LogP contribution in [0.25, 0.3) is 0 Å². The maximum Gasteiger partial charge on any atom is 0.277 e. The van der Waals surface area contributed by atoms with E-state index in [1.54, 1.807) is 19.4 Å². The number of benzene rings is 1. The minimum Gasteiger partial charge on any atom is -0.497 e. The van der Waals surface area contributed by atoms with Gasteiger partial charge >= 0.3 is 0 Å². The van der Waals surface area contributed by atoms with Gasteiger partial charge in [0.25, 0.3) is 5.91 Å². The second-order valence-corrected chi connectivity index (χ2v) is 5.01. The summed E-state index contributed by atoms with van der Waals surface area (Å²) in [6, 6.07) is 9.50. The van der Waals surface area contributed by atoms with Gasteiger partial charge in [-0.2, -0.15) is 0 Å². The summed E-state index contributed by atoms with van der Waals surface area (Å²) in [6.45, 7) is 3.36. The van der Waals surface area contributed by atoms with Gasteiger partial charge < -0.3 is 4.74 Å². The Bertz CT molecular complexity index is 540. The van der Waals surface area contributed by atoms with Crippen LogP contribution in [0.15, 0.2) is 36.5 Å². The lowest BCUT2D eigenvalue weighted by Gasteiger charge is -2.21. The van der Waals surface area contributed by atoms with Crippen LogP contribution in [-0.4, -0.2) is 28.9 Å². The van der Waals surface area contributed by atoms with E-state index in [2.05, 4.69) is 9.80 Å². The van der Waals surface area contributed by atoms with Crippen LogP contribution in [0.4, 0.5) is 0 Å². The Morgan fingerprint density at radius 3 is 2.65 bits per heavy atom. The van der Waals surface area contributed by atoms with Crippen molar-refractivity contribution in [2.75, 3.05) is 13.7 Å². The number of carbonyl (C=O) groups is 1. The smallest absolute Gasteiger partial charge is 0.277 e. The number of nitrogens with zero attached hydrogens (tertiary/aromatic N) is 2. The van der Waals surface area contributed by atoms with Crippen molar-refractivity contribution >= 4 is 17.4 Å². The fourth-order valence-corrected chi connectivity index (χ4v) is 2.20. The highest BCUT2D eigenvalue weighted by molar-refractivity contribution is 7.08. The lowest BCUT2D eigenvalue weighted by atomic mass is 10.2. The minimum atomic E-state index is -0.122. The molecule has 0 unspecified atom stereocenters. The summed E-state index contributed by atoms with van der Waals surface area (Å²) in [4.78, 5) is 12.6. The Morgan fingerprint density at radius 1 is 1.35 bits per heavy atom. The Hall–Kier alpha value is -1.92. The molecule has 0 bridgehead atoms. The summed E-state index contributed by atoms with van der Waals surface area (Å²) in [6.07, 6.45) is 1.62. The molecular formula is C14H17N3O2S. The summed E-state index contributed by atoms with van der Waals surface area (Å²) in [5.74, 6) is 0.702. The number of hydrogen-bond donors (Lipinski definition) is 1. The fourth-order valence-electron chi connectivity index (χ4n) is 1.71. The highest BCUT2D eigenvalue weighted by Gasteiger charge is 2.11. The van der Waals surface area contributed by atoms with Crippen LogP contribution in [0.2, 0.25) is 0 Å². The van der Waals surface area contributed by atoms with E-state index in [1.165, 1.54) is 11.5 Å². The molecule has 2 aromatic rings. The Kier molecular flexibility index (Phi) is 5.09. The van der Waals surface area contributed by atoms with Crippen LogP contribution in [0, 0.1) is 0 Å². The van der Waals surface area contributed by atoms with E-state index < -0.39 is 0 Å². The normalized spacial score (nSPS) is 10.6. The molecule has 0 aliphatic heterocycles. The molecule has 6 heteroatoms. The number of nitrogens with one attached hydrogen (secondary N) is 1. The molecule has 1 heterocycles. The summed E-state index contributed by atoms with van der Waals surface area (Å²) >= 11 is 1.19. The molecule has 1 aromatic heterocycles. The van der Waals surface area contributed by atoms with Gasteiger partial charge in [-0.05, 0) is 35.3 Å². The zero-order valence-corrected chi connectivity index (χ0v) is 12.3. The standard InChI is InChI=1S/C14H17N3O2S/c1-3-17(16-14(18)13-8-9-15-20-13)10-11-4-6-12(19-2)7-5-11/h4-9H,3,10H2,1-2H3,(H,16,18). The molecule has 1 amide bonds. The van der Waals surface area contributed by atoms with Crippen molar-refractivity contribution in [3.63, 3.8) is 0 Å². The van der Waals surface area contributed by atoms with Crippen molar-refractivity contribution in [3.8, 4) is 5.75 Å². The molecule has 1 aromatic carbocycles. The van der Waals surface area contributed by atoms with Crippen LogP contribution in [-0.2, 0) is 6.54 Å². The number of aromatic nitrogens is 1. The molecule has 0 saturated heterocycles. The third kappa shape index (κ3) is 3.79. The van der Waals surface area contributed by atoms with Gasteiger partial charge in [-0.1, -0.05) is 19.1 Å². The van der Waals surface area contributed by atoms with E-state index in [4.69, 9.17) is 4.74 Å². The van der Waals surface area contributed by atoms with Crippen molar-refractivity contribution in [2.45, 2.75) is 13.5 Å². The molecule has 5 nitrogen and oxygen atoms in total. The summed E-state index contributed by atoms with van der Waals surface area (Å²) in [5.41, 5.74) is 3.99. The van der Waals surface area contributed by atoms with Crippen molar-refractivity contribution in [1.82, 2.24) is 14.8 Å². The lowest BCUT2D eigenvalue weighted by Crippen LogP contribution is -2.41. The number of hydrogen-bond acceptors (Lipinski definition) is 5. The third-order valence-corrected chi connectivity index (χ3v) is 3.58. The molecule has 1 N–H and O–H groups in total. The summed E-state index contributed by atoms with van der Waals surface area (Å²) in [5, 5.41) is 1.86. The minimum absolute atomic E-state index is 0.122. The van der Waals surface area contributed by atoms with Crippen molar-refractivity contribution < 1.29 is 9.53 Å². The van der Waals surface area contributed by atoms with Crippen molar-refractivity contribution in [2.24, 2.45) is 0 Å². The first kappa shape index (κ1) is 14.5. The highest BCUT2D eigenvalue weighted by Crippen LogP contribution is 2.12. The molecule has 0 aliphatic carbocycles. The topological polar surface area (TPSA) is 54.5 Å². The SMILES string of the molecule is CCN(Cc1ccc(OC)cc1)NC(=O)c1ccns1. The highest BCUT2D eigenvalue weighted by atomic mass is 32.1. The first-order chi connectivity index (χ1) is 9.72. The maximum absolute atomic E-state index is 12.0. The van der Waals surface area contributed by atoms with Gasteiger partial charge in [0, 0.05) is 19.3 Å². The molecule has 106 valence electrons. The van der Waals surface area contributed by atoms with Gasteiger partial charge in [0.15, 0.2) is 0 Å². The zero-order valence-electron chi connectivity index (χ0n) is 11.5. The first-order valence-electron chi connectivity index (χ1n) is 6.32. The molecule has 0 aliphatic rings. The number of carbonyl (C=O) groups excluding carboxylic acids is 1. The third-order valence-electron chi connectivity index (χ3n) is 2.84. The van der Waals surface area contributed by atoms with Crippen LogP contribution in [0.1, 0.15) is 22.2 Å². The van der Waals surface area contributed by atoms with Gasteiger partial charge in [0.05, 0.1) is 7.11 Å². The van der Waals surface area contributed by atoms with Gasteiger partial charge in [-0.25, -0.2) is 9.38 Å². The average Bonchev–Trinajstić information content (AvgIpc) is 3.01. The summed E-state index contributed by atoms with van der Waals surface area (Å²) in [7, 11) is 1.64. The molecule has 0 radical (unpaired) electrons. The van der Waals surface area contributed by atoms with Crippen LogP contribution in [0.5, 0.6) is 5.75 Å². The fraction of sp³-hybridized carbons (Fsp3) is 0.286. The summed E-state index contributed by atoms with van der Waals surface area (Å²) < 4.78 is 9.05. The van der Waals surface area contributed by atoms with E-state index in [-0.39, 0.29) is 5.91 Å². The number of hydrazine groups is 1. The van der Waals surface area contributed by atoms with E-state index >= 15 is 0 Å². The second kappa shape index (κ2) is 7.02. The van der Waals surface area contributed by atoms with Crippen LogP contribution < -0.4 is 10.2 Å². The molecule has 0 atom stereocenters. The zero-order chi connectivity index (χ0) is 14.4. The Morgan fingerprint density at radius 2 is 2.10 bits per heavy atom. The largest absolute Gasteiger partial charge is 0.497 e. The second-order valence-electron chi connectivity index (χ2n) is 4.18. The predicted molar refractivity (Wildman–Crippen MR) is 78.7 cm³/mol. The van der Waals surface area contributed by atoms with Gasteiger partial charge in [0.2, 0.25) is 0 Å². The molecular weight excluding hydrogens is 274 g/mol. The number of ether oxygens (including phenoxy) is 1. The van der Waals surface area contributed by atoms with Gasteiger partial charge in [0.1, 0.15) is 10.6 Å². The monoisotopic (exact) mass is 291 g/mol. The number of amides is 1.